The molecule has 0 spiro atoms. The highest BCUT2D eigenvalue weighted by Crippen LogP contribution is 2.20. The molecule has 0 radical (unpaired) electrons. The van der Waals surface area contributed by atoms with Crippen molar-refractivity contribution < 1.29 is 23.0 Å². The maximum Gasteiger partial charge on any atom is 0.272 e. The molecule has 0 aromatic heterocycles. The van der Waals surface area contributed by atoms with Gasteiger partial charge in [-0.3, -0.25) is 4.79 Å². The van der Waals surface area contributed by atoms with Gasteiger partial charge in [0.1, 0.15) is 12.4 Å². The first-order valence-electron chi connectivity index (χ1n) is 7.21. The Bertz CT molecular complexity index is 482. The summed E-state index contributed by atoms with van der Waals surface area (Å²) in [6, 6.07) is 5.65. The summed E-state index contributed by atoms with van der Waals surface area (Å²) in [7, 11) is 0. The summed E-state index contributed by atoms with van der Waals surface area (Å²) < 4.78 is 34.2. The predicted octanol–water partition coefficient (Wildman–Crippen LogP) is 2.44. The molecule has 1 saturated heterocycles. The first-order chi connectivity index (χ1) is 10.6. The van der Waals surface area contributed by atoms with Crippen LogP contribution in [0.1, 0.15) is 12.8 Å². The Morgan fingerprint density at radius 1 is 1.30 bits per heavy atom. The number of nitrogens with two attached hydrogens (primary N) is 1. The number of alkyl halides is 2. The number of rotatable bonds is 6. The fourth-order valence-corrected chi connectivity index (χ4v) is 2.31. The largest absolute Gasteiger partial charge is 0.488 e. The summed E-state index contributed by atoms with van der Waals surface area (Å²) in [5.74, 6) is 0.183. The van der Waals surface area contributed by atoms with E-state index < -0.39 is 19.1 Å². The molecule has 1 fully saturated rings. The quantitative estimate of drug-likeness (QED) is 0.826. The number of halogens is 3. The van der Waals surface area contributed by atoms with E-state index in [0.29, 0.717) is 24.7 Å². The van der Waals surface area contributed by atoms with Gasteiger partial charge in [0.05, 0.1) is 6.04 Å². The van der Waals surface area contributed by atoms with E-state index in [1.165, 1.54) is 12.1 Å². The molecule has 1 aliphatic rings. The minimum atomic E-state index is -2.52. The van der Waals surface area contributed by atoms with Crippen molar-refractivity contribution in [3.05, 3.63) is 24.3 Å². The number of benzene rings is 1. The van der Waals surface area contributed by atoms with Crippen molar-refractivity contribution in [2.24, 2.45) is 11.7 Å². The van der Waals surface area contributed by atoms with Gasteiger partial charge in [-0.2, -0.15) is 0 Å². The SMILES string of the molecule is Cl.NC(C(=O)Nc1ccc(OCC(F)F)cc1)C1CCOCC1. The molecule has 2 rings (SSSR count). The van der Waals surface area contributed by atoms with Gasteiger partial charge in [-0.15, -0.1) is 12.4 Å². The van der Waals surface area contributed by atoms with Crippen LogP contribution in [-0.4, -0.2) is 38.2 Å². The van der Waals surface area contributed by atoms with Crippen molar-refractivity contribution in [2.75, 3.05) is 25.1 Å². The molecule has 1 heterocycles. The van der Waals surface area contributed by atoms with Crippen LogP contribution in [-0.2, 0) is 9.53 Å². The molecule has 1 aromatic rings. The Balaban J connectivity index is 0.00000264. The second kappa shape index (κ2) is 9.64. The second-order valence-electron chi connectivity index (χ2n) is 5.19. The van der Waals surface area contributed by atoms with Crippen molar-refractivity contribution in [2.45, 2.75) is 25.3 Å². The summed E-state index contributed by atoms with van der Waals surface area (Å²) in [6.07, 6.45) is -0.971. The highest BCUT2D eigenvalue weighted by Gasteiger charge is 2.26. The monoisotopic (exact) mass is 350 g/mol. The Morgan fingerprint density at radius 3 is 2.48 bits per heavy atom. The maximum absolute atomic E-state index is 12.1. The van der Waals surface area contributed by atoms with Crippen LogP contribution in [0.25, 0.3) is 0 Å². The van der Waals surface area contributed by atoms with Crippen molar-refractivity contribution in [3.8, 4) is 5.75 Å². The van der Waals surface area contributed by atoms with E-state index in [1.54, 1.807) is 12.1 Å². The predicted molar refractivity (Wildman–Crippen MR) is 85.3 cm³/mol. The van der Waals surface area contributed by atoms with Crippen LogP contribution < -0.4 is 15.8 Å². The van der Waals surface area contributed by atoms with Gasteiger partial charge in [-0.1, -0.05) is 0 Å². The van der Waals surface area contributed by atoms with Crippen LogP contribution in [0.15, 0.2) is 24.3 Å². The standard InChI is InChI=1S/C15H20F2N2O3.ClH/c16-13(17)9-22-12-3-1-11(2-4-12)19-15(20)14(18)10-5-7-21-8-6-10;/h1-4,10,13-14H,5-9,18H2,(H,19,20);1H. The van der Waals surface area contributed by atoms with Gasteiger partial charge < -0.3 is 20.5 Å². The Labute approximate surface area is 139 Å². The minimum Gasteiger partial charge on any atom is -0.488 e. The molecule has 5 nitrogen and oxygen atoms in total. The summed E-state index contributed by atoms with van der Waals surface area (Å²) in [5.41, 5.74) is 6.53. The normalized spacial score (nSPS) is 16.5. The van der Waals surface area contributed by atoms with Gasteiger partial charge in [-0.05, 0) is 43.0 Å². The smallest absolute Gasteiger partial charge is 0.272 e. The van der Waals surface area contributed by atoms with Crippen LogP contribution in [0.5, 0.6) is 5.75 Å². The zero-order valence-corrected chi connectivity index (χ0v) is 13.4. The highest BCUT2D eigenvalue weighted by atomic mass is 35.5. The molecule has 1 atom stereocenters. The van der Waals surface area contributed by atoms with E-state index in [9.17, 15) is 13.6 Å². The molecule has 1 amide bonds. The highest BCUT2D eigenvalue weighted by molar-refractivity contribution is 5.94. The molecular weight excluding hydrogens is 330 g/mol. The lowest BCUT2D eigenvalue weighted by molar-refractivity contribution is -0.119. The first-order valence-corrected chi connectivity index (χ1v) is 7.21. The number of carbonyl (C=O) groups excluding carboxylic acids is 1. The number of ether oxygens (including phenoxy) is 2. The average molecular weight is 351 g/mol. The van der Waals surface area contributed by atoms with E-state index in [0.717, 1.165) is 12.8 Å². The van der Waals surface area contributed by atoms with Crippen LogP contribution in [0.3, 0.4) is 0 Å². The van der Waals surface area contributed by atoms with Gasteiger partial charge in [0, 0.05) is 18.9 Å². The molecule has 23 heavy (non-hydrogen) atoms. The van der Waals surface area contributed by atoms with Gasteiger partial charge >= 0.3 is 0 Å². The summed E-state index contributed by atoms with van der Waals surface area (Å²) in [4.78, 5) is 12.1. The summed E-state index contributed by atoms with van der Waals surface area (Å²) >= 11 is 0. The van der Waals surface area contributed by atoms with Gasteiger partial charge in [0.15, 0.2) is 0 Å². The fourth-order valence-electron chi connectivity index (χ4n) is 2.31. The number of carbonyl (C=O) groups is 1. The lowest BCUT2D eigenvalue weighted by atomic mass is 9.92. The molecule has 130 valence electrons. The van der Waals surface area contributed by atoms with E-state index in [4.69, 9.17) is 15.2 Å². The number of anilines is 1. The van der Waals surface area contributed by atoms with Crippen molar-refractivity contribution in [1.29, 1.82) is 0 Å². The average Bonchev–Trinajstić information content (AvgIpc) is 2.54. The molecule has 1 unspecified atom stereocenters. The molecular formula is C15H21ClF2N2O3. The van der Waals surface area contributed by atoms with E-state index >= 15 is 0 Å². The van der Waals surface area contributed by atoms with Gasteiger partial charge in [0.2, 0.25) is 5.91 Å². The number of hydrogen-bond donors (Lipinski definition) is 2. The summed E-state index contributed by atoms with van der Waals surface area (Å²) in [6.45, 7) is 0.601. The third-order valence-electron chi connectivity index (χ3n) is 3.57. The molecule has 0 saturated carbocycles. The number of hydrogen-bond acceptors (Lipinski definition) is 4. The van der Waals surface area contributed by atoms with E-state index in [1.807, 2.05) is 0 Å². The lowest BCUT2D eigenvalue weighted by Gasteiger charge is -2.26. The third kappa shape index (κ3) is 6.29. The Kier molecular flexibility index (Phi) is 8.22. The summed E-state index contributed by atoms with van der Waals surface area (Å²) in [5, 5.41) is 2.72. The maximum atomic E-state index is 12.1. The number of amides is 1. The Morgan fingerprint density at radius 2 is 1.91 bits per heavy atom. The third-order valence-corrected chi connectivity index (χ3v) is 3.57. The van der Waals surface area contributed by atoms with Crippen LogP contribution in [0.4, 0.5) is 14.5 Å². The lowest BCUT2D eigenvalue weighted by Crippen LogP contribution is -2.43. The first kappa shape index (κ1) is 19.6. The van der Waals surface area contributed by atoms with Gasteiger partial charge in [-0.25, -0.2) is 8.78 Å². The zero-order valence-electron chi connectivity index (χ0n) is 12.5. The number of nitrogens with one attached hydrogen (secondary N) is 1. The van der Waals surface area contributed by atoms with E-state index in [-0.39, 0.29) is 24.2 Å². The van der Waals surface area contributed by atoms with Gasteiger partial charge in [0.25, 0.3) is 6.43 Å². The molecule has 0 bridgehead atoms. The second-order valence-corrected chi connectivity index (χ2v) is 5.19. The van der Waals surface area contributed by atoms with Crippen LogP contribution in [0, 0.1) is 5.92 Å². The molecule has 8 heteroatoms. The fraction of sp³-hybridized carbons (Fsp3) is 0.533. The Hall–Kier alpha value is -1.44. The minimum absolute atomic E-state index is 0. The van der Waals surface area contributed by atoms with Crippen molar-refractivity contribution in [3.63, 3.8) is 0 Å². The van der Waals surface area contributed by atoms with Crippen molar-refractivity contribution >= 4 is 24.0 Å². The zero-order chi connectivity index (χ0) is 15.9. The van der Waals surface area contributed by atoms with E-state index in [2.05, 4.69) is 5.32 Å². The van der Waals surface area contributed by atoms with Crippen molar-refractivity contribution in [1.82, 2.24) is 0 Å². The van der Waals surface area contributed by atoms with Crippen LogP contribution in [0.2, 0.25) is 0 Å². The molecule has 3 N–H and O–H groups in total. The van der Waals surface area contributed by atoms with Crippen LogP contribution >= 0.6 is 12.4 Å². The molecule has 1 aromatic carbocycles. The topological polar surface area (TPSA) is 73.6 Å². The molecule has 0 aliphatic carbocycles. The molecule has 1 aliphatic heterocycles.